The molecule has 12 aromatic rings. The number of benzene rings is 3. The largest absolute Gasteiger partial charge is 0.393 e. The molecule has 0 aliphatic carbocycles. The highest BCUT2D eigenvalue weighted by Gasteiger charge is 2.32. The highest BCUT2D eigenvalue weighted by atomic mass is 16.3. The van der Waals surface area contributed by atoms with Crippen molar-refractivity contribution in [1.29, 1.82) is 0 Å². The lowest BCUT2D eigenvalue weighted by atomic mass is 9.99. The molecule has 15 heterocycles. The molecule has 25 nitrogen and oxygen atoms in total. The number of amides is 3. The van der Waals surface area contributed by atoms with E-state index in [-0.39, 0.29) is 36.0 Å². The summed E-state index contributed by atoms with van der Waals surface area (Å²) in [6.45, 7) is 10.5. The molecule has 6 aliphatic rings. The van der Waals surface area contributed by atoms with Gasteiger partial charge in [-0.05, 0) is 147 Å². The Morgan fingerprint density at radius 1 is 0.416 bits per heavy atom. The van der Waals surface area contributed by atoms with Gasteiger partial charge in [-0.15, -0.1) is 0 Å². The molecule has 3 saturated heterocycles. The molecule has 18 rings (SSSR count). The van der Waals surface area contributed by atoms with Crippen LogP contribution < -0.4 is 46.6 Å². The minimum Gasteiger partial charge on any atom is -0.393 e. The van der Waals surface area contributed by atoms with E-state index >= 15 is 0 Å². The number of aryl methyl sites for hydroxylation is 2. The summed E-state index contributed by atoms with van der Waals surface area (Å²) >= 11 is 0. The molecule has 0 spiro atoms. The third kappa shape index (κ3) is 12.7. The highest BCUT2D eigenvalue weighted by Crippen LogP contribution is 2.40. The molecular weight excluding hydrogens is 1270 g/mol. The Bertz CT molecular complexity index is 4990. The number of hydrogen-bond acceptors (Lipinski definition) is 19. The first-order valence-corrected chi connectivity index (χ1v) is 34.3. The van der Waals surface area contributed by atoms with E-state index in [0.29, 0.717) is 53.8 Å². The van der Waals surface area contributed by atoms with Crippen LogP contribution in [-0.4, -0.2) is 139 Å². The number of rotatable bonds is 12. The van der Waals surface area contributed by atoms with Gasteiger partial charge >= 0.3 is 0 Å². The number of carbonyl (C=O) groups is 3. The number of carbonyl (C=O) groups excluding carboxylic acids is 3. The fraction of sp³-hybridized carbons (Fsp3) is 0.263. The molecule has 25 heteroatoms. The van der Waals surface area contributed by atoms with Gasteiger partial charge in [-0.3, -0.25) is 32.6 Å². The molecule has 3 fully saturated rings. The van der Waals surface area contributed by atoms with Crippen LogP contribution in [0.4, 0.5) is 51.6 Å². The third-order valence-corrected chi connectivity index (χ3v) is 19.9. The minimum atomic E-state index is -0.205. The number of hydrogen-bond donors (Lipinski definition) is 9. The molecule has 0 bridgehead atoms. The average molecular weight is 1350 g/mol. The first-order chi connectivity index (χ1) is 49.3. The monoisotopic (exact) mass is 1350 g/mol. The molecule has 6 aliphatic heterocycles. The van der Waals surface area contributed by atoms with Crippen LogP contribution in [0.5, 0.6) is 0 Å². The number of nitrogens with zero attached hydrogens (tertiary/aromatic N) is 13. The number of imidazole rings is 3. The Kier molecular flexibility index (Phi) is 17.2. The summed E-state index contributed by atoms with van der Waals surface area (Å²) in [5.74, 6) is 1.75. The standard InChI is InChI=1S/2C26H26N6O2.C24H23N7O2/c1-16-2-7-24-28-14-22(32(24)15-16)19-4-5-21(25-20(19)13-29-26(25)34)30-23-6-3-17(12-27-23)31-10-8-18(33)9-11-31;1-16-3-2-10-32-22(15-28-25(16)32)19-5-6-21(24-20(19)14-29-26(24)34)30-23-7-4-17(13-27-23)31-11-8-18(33)9-12-31;32-16-5-8-30(9-6-16)15-1-4-21(26-11-15)29-19-3-2-17(18-12-28-24(33)23(18)19)20-13-27-22-14-25-7-10-31(20)22/h2-7,12,14-15,18,33H,8-11,13H2,1H3,(H,27,30)(H,29,34);2-7,10,13,15,18,33H,8-9,11-12,14H2,1H3,(H,27,30)(H,29,34);1-4,7,10-11,13-14,16,32H,5-6,8-9,12H2,(H,26,29)(H,28,33). The fourth-order valence-electron chi connectivity index (χ4n) is 14.5. The molecular formula is C76H75N19O6. The molecule has 9 N–H and O–H groups in total. The SMILES string of the molecule is Cc1ccc2ncc(-c3ccc(Nc4ccc(N5CCC(O)CC5)cn4)c4c3CNC4=O)n2c1.Cc1cccn2c(-c3ccc(Nc4ccc(N5CCC(O)CC5)cn4)c4c3CNC4=O)cnc12.O=C1NCc2c(-c3cnc4cnccn34)ccc(Nc3ccc(N4CCC(O)CC4)cn3)c21. The van der Waals surface area contributed by atoms with Crippen molar-refractivity contribution in [2.45, 2.75) is 90.3 Å². The van der Waals surface area contributed by atoms with E-state index in [1.165, 1.54) is 0 Å². The predicted octanol–water partition coefficient (Wildman–Crippen LogP) is 10.0. The van der Waals surface area contributed by atoms with Crippen molar-refractivity contribution >= 4 is 86.2 Å². The second kappa shape index (κ2) is 27.1. The third-order valence-electron chi connectivity index (χ3n) is 19.9. The van der Waals surface area contributed by atoms with Gasteiger partial charge in [-0.25, -0.2) is 29.9 Å². The van der Waals surface area contributed by atoms with Crippen molar-refractivity contribution in [3.63, 3.8) is 0 Å². The van der Waals surface area contributed by atoms with E-state index in [4.69, 9.17) is 0 Å². The Hall–Kier alpha value is -11.8. The Morgan fingerprint density at radius 3 is 1.27 bits per heavy atom. The summed E-state index contributed by atoms with van der Waals surface area (Å²) in [5.41, 5.74) is 20.7. The second-order valence-electron chi connectivity index (χ2n) is 26.4. The van der Waals surface area contributed by atoms with Crippen molar-refractivity contribution in [3.8, 4) is 33.8 Å². The predicted molar refractivity (Wildman–Crippen MR) is 388 cm³/mol. The minimum absolute atomic E-state index is 0.0900. The summed E-state index contributed by atoms with van der Waals surface area (Å²) < 4.78 is 6.11. The van der Waals surface area contributed by atoms with Crippen molar-refractivity contribution < 1.29 is 29.7 Å². The van der Waals surface area contributed by atoms with Crippen molar-refractivity contribution in [2.75, 3.05) is 69.9 Å². The Labute approximate surface area is 581 Å². The van der Waals surface area contributed by atoms with Gasteiger partial charge in [-0.2, -0.15) is 0 Å². The molecule has 3 amide bonds. The molecule has 510 valence electrons. The Balaban J connectivity index is 0.000000118. The number of anilines is 9. The van der Waals surface area contributed by atoms with Crippen molar-refractivity contribution in [3.05, 3.63) is 210 Å². The van der Waals surface area contributed by atoms with Gasteiger partial charge in [0, 0.05) is 100 Å². The van der Waals surface area contributed by atoms with Crippen molar-refractivity contribution in [2.24, 2.45) is 0 Å². The van der Waals surface area contributed by atoms with Crippen LogP contribution in [0.1, 0.15) is 97.4 Å². The van der Waals surface area contributed by atoms with Gasteiger partial charge in [0.1, 0.15) is 28.7 Å². The van der Waals surface area contributed by atoms with E-state index in [0.717, 1.165) is 190 Å². The molecule has 0 unspecified atom stereocenters. The lowest BCUT2D eigenvalue weighted by molar-refractivity contribution is 0.0958. The molecule has 0 atom stereocenters. The molecule has 3 aromatic carbocycles. The quantitative estimate of drug-likeness (QED) is 0.0549. The van der Waals surface area contributed by atoms with E-state index < -0.39 is 0 Å². The number of fused-ring (bicyclic) bond motifs is 6. The zero-order valence-electron chi connectivity index (χ0n) is 55.8. The molecule has 101 heavy (non-hydrogen) atoms. The number of pyridine rings is 5. The van der Waals surface area contributed by atoms with Crippen LogP contribution in [0.15, 0.2) is 165 Å². The van der Waals surface area contributed by atoms with Gasteiger partial charge in [0.2, 0.25) is 0 Å². The molecule has 0 saturated carbocycles. The maximum absolute atomic E-state index is 12.8. The van der Waals surface area contributed by atoms with Crippen LogP contribution in [-0.2, 0) is 19.6 Å². The van der Waals surface area contributed by atoms with Crippen molar-refractivity contribution in [1.82, 2.24) is 64.0 Å². The Morgan fingerprint density at radius 2 is 0.832 bits per heavy atom. The van der Waals surface area contributed by atoms with Crippen LogP contribution in [0.3, 0.4) is 0 Å². The van der Waals surface area contributed by atoms with Gasteiger partial charge in [0.05, 0.1) is 130 Å². The summed E-state index contributed by atoms with van der Waals surface area (Å²) in [5, 5.41) is 48.1. The topological polar surface area (TPSA) is 297 Å². The van der Waals surface area contributed by atoms with Crippen LogP contribution in [0.25, 0.3) is 50.7 Å². The highest BCUT2D eigenvalue weighted by molar-refractivity contribution is 6.08. The van der Waals surface area contributed by atoms with Crippen LogP contribution in [0, 0.1) is 13.8 Å². The van der Waals surface area contributed by atoms with Gasteiger partial charge < -0.3 is 61.9 Å². The normalized spacial score (nSPS) is 16.1. The van der Waals surface area contributed by atoms with Gasteiger partial charge in [-0.1, -0.05) is 30.3 Å². The maximum atomic E-state index is 12.8. The fourth-order valence-corrected chi connectivity index (χ4v) is 14.5. The van der Waals surface area contributed by atoms with E-state index in [2.05, 4.69) is 103 Å². The first-order valence-electron chi connectivity index (χ1n) is 34.3. The average Bonchev–Trinajstić information content (AvgIpc) is 1.64. The first kappa shape index (κ1) is 63.9. The van der Waals surface area contributed by atoms with E-state index in [9.17, 15) is 29.7 Å². The number of aromatic nitrogens is 10. The smallest absolute Gasteiger partial charge is 0.254 e. The zero-order valence-corrected chi connectivity index (χ0v) is 55.8. The lowest BCUT2D eigenvalue weighted by Crippen LogP contribution is -2.35. The number of aliphatic hydroxyl groups is 3. The molecule has 0 radical (unpaired) electrons. The van der Waals surface area contributed by atoms with Gasteiger partial charge in [0.15, 0.2) is 5.65 Å². The number of nitrogens with one attached hydrogen (secondary N) is 6. The second-order valence-corrected chi connectivity index (χ2v) is 26.4. The molecule has 9 aromatic heterocycles. The van der Waals surface area contributed by atoms with E-state index in [1.807, 2.05) is 158 Å². The zero-order chi connectivity index (χ0) is 68.8. The summed E-state index contributed by atoms with van der Waals surface area (Å²) in [6, 6.07) is 31.9. The number of piperidine rings is 3. The lowest BCUT2D eigenvalue weighted by Gasteiger charge is -2.31. The summed E-state index contributed by atoms with van der Waals surface area (Å²) in [6.07, 6.45) is 24.5. The van der Waals surface area contributed by atoms with E-state index in [1.54, 1.807) is 12.4 Å². The van der Waals surface area contributed by atoms with Gasteiger partial charge in [0.25, 0.3) is 17.7 Å². The van der Waals surface area contributed by atoms with Crippen LogP contribution >= 0.6 is 0 Å². The maximum Gasteiger partial charge on any atom is 0.254 e. The number of aliphatic hydroxyl groups excluding tert-OH is 3. The summed E-state index contributed by atoms with van der Waals surface area (Å²) in [7, 11) is 0. The summed E-state index contributed by atoms with van der Waals surface area (Å²) in [4.78, 5) is 76.4. The van der Waals surface area contributed by atoms with Crippen LogP contribution in [0.2, 0.25) is 0 Å².